The molecular weight excluding hydrogens is 196 g/mol. The van der Waals surface area contributed by atoms with Crippen LogP contribution in [0.25, 0.3) is 0 Å². The van der Waals surface area contributed by atoms with Crippen LogP contribution in [0.5, 0.6) is 0 Å². The summed E-state index contributed by atoms with van der Waals surface area (Å²) in [6.45, 7) is 3.20. The van der Waals surface area contributed by atoms with E-state index in [1.807, 2.05) is 18.2 Å². The van der Waals surface area contributed by atoms with E-state index in [2.05, 4.69) is 23.1 Å². The lowest BCUT2D eigenvalue weighted by Gasteiger charge is -2.28. The van der Waals surface area contributed by atoms with E-state index in [1.165, 1.54) is 19.3 Å². The van der Waals surface area contributed by atoms with E-state index in [1.54, 1.807) is 0 Å². The molecule has 0 spiro atoms. The Morgan fingerprint density at radius 1 is 1.12 bits per heavy atom. The van der Waals surface area contributed by atoms with Crippen LogP contribution in [-0.2, 0) is 0 Å². The van der Waals surface area contributed by atoms with Crippen LogP contribution in [0, 0.1) is 11.3 Å². The summed E-state index contributed by atoms with van der Waals surface area (Å²) in [4.78, 5) is 2.42. The van der Waals surface area contributed by atoms with E-state index in [0.29, 0.717) is 0 Å². The van der Waals surface area contributed by atoms with E-state index in [-0.39, 0.29) is 5.92 Å². The molecule has 0 N–H and O–H groups in total. The van der Waals surface area contributed by atoms with Crippen LogP contribution in [0.4, 0.5) is 0 Å². The fraction of sp³-hybridized carbons (Fsp3) is 0.500. The summed E-state index contributed by atoms with van der Waals surface area (Å²) in [5.41, 5.74) is 1.15. The summed E-state index contributed by atoms with van der Waals surface area (Å²) in [5.74, 6) is 0.0271. The SMILES string of the molecule is N#C[C@H](CN1CCCCC1)c1ccccc1. The summed E-state index contributed by atoms with van der Waals surface area (Å²) in [6, 6.07) is 12.5. The number of piperidine rings is 1. The molecular formula is C14H18N2. The van der Waals surface area contributed by atoms with Crippen molar-refractivity contribution in [2.45, 2.75) is 25.2 Å². The molecule has 1 saturated heterocycles. The molecule has 1 aliphatic heterocycles. The topological polar surface area (TPSA) is 27.0 Å². The second kappa shape index (κ2) is 5.67. The van der Waals surface area contributed by atoms with Crippen LogP contribution >= 0.6 is 0 Å². The molecule has 0 bridgehead atoms. The van der Waals surface area contributed by atoms with Gasteiger partial charge in [0.25, 0.3) is 0 Å². The monoisotopic (exact) mass is 214 g/mol. The minimum absolute atomic E-state index is 0.0271. The molecule has 16 heavy (non-hydrogen) atoms. The van der Waals surface area contributed by atoms with Gasteiger partial charge in [0.05, 0.1) is 12.0 Å². The summed E-state index contributed by atoms with van der Waals surface area (Å²) in [7, 11) is 0. The maximum absolute atomic E-state index is 9.23. The van der Waals surface area contributed by atoms with Gasteiger partial charge in [0, 0.05) is 6.54 Å². The number of benzene rings is 1. The number of hydrogen-bond donors (Lipinski definition) is 0. The van der Waals surface area contributed by atoms with Gasteiger partial charge in [-0.25, -0.2) is 0 Å². The Balaban J connectivity index is 1.98. The zero-order valence-corrected chi connectivity index (χ0v) is 9.60. The largest absolute Gasteiger partial charge is 0.302 e. The Bertz CT molecular complexity index is 347. The van der Waals surface area contributed by atoms with Crippen molar-refractivity contribution in [3.05, 3.63) is 35.9 Å². The second-order valence-corrected chi connectivity index (χ2v) is 4.45. The third kappa shape index (κ3) is 2.84. The fourth-order valence-electron chi connectivity index (χ4n) is 2.31. The van der Waals surface area contributed by atoms with Crippen LogP contribution < -0.4 is 0 Å². The van der Waals surface area contributed by atoms with Crippen LogP contribution in [0.1, 0.15) is 30.7 Å². The van der Waals surface area contributed by atoms with Gasteiger partial charge in [-0.15, -0.1) is 0 Å². The fourth-order valence-corrected chi connectivity index (χ4v) is 2.31. The quantitative estimate of drug-likeness (QED) is 0.773. The average molecular weight is 214 g/mol. The summed E-state index contributed by atoms with van der Waals surface area (Å²) in [5, 5.41) is 9.23. The van der Waals surface area contributed by atoms with Crippen LogP contribution in [0.2, 0.25) is 0 Å². The lowest BCUT2D eigenvalue weighted by atomic mass is 9.99. The third-order valence-electron chi connectivity index (χ3n) is 3.25. The van der Waals surface area contributed by atoms with Gasteiger partial charge >= 0.3 is 0 Å². The van der Waals surface area contributed by atoms with Crippen LogP contribution in [0.15, 0.2) is 30.3 Å². The van der Waals surface area contributed by atoms with Gasteiger partial charge in [-0.2, -0.15) is 5.26 Å². The van der Waals surface area contributed by atoms with Crippen molar-refractivity contribution in [2.24, 2.45) is 0 Å². The highest BCUT2D eigenvalue weighted by molar-refractivity contribution is 5.25. The zero-order chi connectivity index (χ0) is 11.2. The number of nitrogens with zero attached hydrogens (tertiary/aromatic N) is 2. The normalized spacial score (nSPS) is 18.9. The molecule has 1 fully saturated rings. The van der Waals surface area contributed by atoms with Crippen LogP contribution in [-0.4, -0.2) is 24.5 Å². The highest BCUT2D eigenvalue weighted by Crippen LogP contribution is 2.18. The maximum atomic E-state index is 9.23. The predicted octanol–water partition coefficient (Wildman–Crippen LogP) is 2.78. The van der Waals surface area contributed by atoms with E-state index >= 15 is 0 Å². The van der Waals surface area contributed by atoms with Gasteiger partial charge in [0.2, 0.25) is 0 Å². The number of rotatable bonds is 3. The predicted molar refractivity (Wildman–Crippen MR) is 65.1 cm³/mol. The van der Waals surface area contributed by atoms with Gasteiger partial charge in [-0.05, 0) is 31.5 Å². The molecule has 0 saturated carbocycles. The molecule has 2 heteroatoms. The molecule has 84 valence electrons. The average Bonchev–Trinajstić information content (AvgIpc) is 2.38. The molecule has 1 aromatic carbocycles. The Morgan fingerprint density at radius 2 is 1.81 bits per heavy atom. The Morgan fingerprint density at radius 3 is 2.44 bits per heavy atom. The molecule has 0 radical (unpaired) electrons. The first kappa shape index (κ1) is 11.2. The summed E-state index contributed by atoms with van der Waals surface area (Å²) < 4.78 is 0. The standard InChI is InChI=1S/C14H18N2/c15-11-14(13-7-3-1-4-8-13)12-16-9-5-2-6-10-16/h1,3-4,7-8,14H,2,5-6,9-10,12H2/t14-/m1/s1. The molecule has 2 nitrogen and oxygen atoms in total. The first-order chi connectivity index (χ1) is 7.90. The smallest absolute Gasteiger partial charge is 0.0839 e. The van der Waals surface area contributed by atoms with Gasteiger partial charge in [0.15, 0.2) is 0 Å². The van der Waals surface area contributed by atoms with Gasteiger partial charge in [-0.1, -0.05) is 36.8 Å². The summed E-state index contributed by atoms with van der Waals surface area (Å²) >= 11 is 0. The number of hydrogen-bond acceptors (Lipinski definition) is 2. The van der Waals surface area contributed by atoms with E-state index < -0.39 is 0 Å². The first-order valence-corrected chi connectivity index (χ1v) is 6.07. The van der Waals surface area contributed by atoms with E-state index in [4.69, 9.17) is 0 Å². The minimum atomic E-state index is 0.0271. The Hall–Kier alpha value is -1.33. The van der Waals surface area contributed by atoms with Crippen molar-refractivity contribution in [3.8, 4) is 6.07 Å². The van der Waals surface area contributed by atoms with E-state index in [9.17, 15) is 5.26 Å². The van der Waals surface area contributed by atoms with Crippen molar-refractivity contribution >= 4 is 0 Å². The van der Waals surface area contributed by atoms with Gasteiger partial charge in [-0.3, -0.25) is 0 Å². The molecule has 1 atom stereocenters. The van der Waals surface area contributed by atoms with Gasteiger partial charge in [0.1, 0.15) is 0 Å². The highest BCUT2D eigenvalue weighted by atomic mass is 15.1. The Labute approximate surface area is 97.5 Å². The number of likely N-dealkylation sites (tertiary alicyclic amines) is 1. The van der Waals surface area contributed by atoms with Crippen molar-refractivity contribution in [1.29, 1.82) is 5.26 Å². The van der Waals surface area contributed by atoms with Crippen molar-refractivity contribution in [1.82, 2.24) is 4.90 Å². The highest BCUT2D eigenvalue weighted by Gasteiger charge is 2.17. The molecule has 0 unspecified atom stereocenters. The first-order valence-electron chi connectivity index (χ1n) is 6.07. The summed E-state index contributed by atoms with van der Waals surface area (Å²) in [6.07, 6.45) is 3.92. The lowest BCUT2D eigenvalue weighted by molar-refractivity contribution is 0.225. The molecule has 0 aliphatic carbocycles. The molecule has 2 rings (SSSR count). The van der Waals surface area contributed by atoms with Gasteiger partial charge < -0.3 is 4.90 Å². The maximum Gasteiger partial charge on any atom is 0.0839 e. The third-order valence-corrected chi connectivity index (χ3v) is 3.25. The molecule has 0 amide bonds. The van der Waals surface area contributed by atoms with Crippen molar-refractivity contribution < 1.29 is 0 Å². The molecule has 1 aliphatic rings. The van der Waals surface area contributed by atoms with Crippen LogP contribution in [0.3, 0.4) is 0 Å². The van der Waals surface area contributed by atoms with E-state index in [0.717, 1.165) is 25.2 Å². The molecule has 1 aromatic rings. The zero-order valence-electron chi connectivity index (χ0n) is 9.60. The molecule has 1 heterocycles. The minimum Gasteiger partial charge on any atom is -0.302 e. The number of nitriles is 1. The lowest BCUT2D eigenvalue weighted by Crippen LogP contribution is -2.33. The van der Waals surface area contributed by atoms with Crippen molar-refractivity contribution in [3.63, 3.8) is 0 Å². The molecule has 0 aromatic heterocycles. The second-order valence-electron chi connectivity index (χ2n) is 4.45. The Kier molecular flexibility index (Phi) is 3.96. The van der Waals surface area contributed by atoms with Crippen molar-refractivity contribution in [2.75, 3.05) is 19.6 Å².